The Balaban J connectivity index is 1.70. The van der Waals surface area contributed by atoms with Crippen molar-refractivity contribution in [2.45, 2.75) is 32.4 Å². The Morgan fingerprint density at radius 1 is 1.04 bits per heavy atom. The van der Waals surface area contributed by atoms with E-state index in [0.29, 0.717) is 12.1 Å². The van der Waals surface area contributed by atoms with Crippen molar-refractivity contribution in [1.82, 2.24) is 9.88 Å². The van der Waals surface area contributed by atoms with Gasteiger partial charge in [0.25, 0.3) is 5.91 Å². The van der Waals surface area contributed by atoms with Crippen molar-refractivity contribution in [3.8, 4) is 0 Å². The molecular formula is C23H22N2O. The smallest absolute Gasteiger partial charge is 0.254 e. The van der Waals surface area contributed by atoms with Gasteiger partial charge in [0.05, 0.1) is 6.04 Å². The van der Waals surface area contributed by atoms with Crippen molar-refractivity contribution < 1.29 is 4.79 Å². The van der Waals surface area contributed by atoms with Crippen LogP contribution in [-0.2, 0) is 13.0 Å². The van der Waals surface area contributed by atoms with Crippen molar-refractivity contribution in [2.24, 2.45) is 0 Å². The lowest BCUT2D eigenvalue weighted by Crippen LogP contribution is -2.33. The van der Waals surface area contributed by atoms with Gasteiger partial charge in [0, 0.05) is 24.5 Å². The zero-order valence-electron chi connectivity index (χ0n) is 14.9. The second kappa shape index (κ2) is 7.12. The topological polar surface area (TPSA) is 33.2 Å². The van der Waals surface area contributed by atoms with Crippen molar-refractivity contribution in [3.63, 3.8) is 0 Å². The number of hydrogen-bond acceptors (Lipinski definition) is 2. The van der Waals surface area contributed by atoms with Crippen LogP contribution in [0.15, 0.2) is 73.1 Å². The molecule has 3 aromatic rings. The predicted molar refractivity (Wildman–Crippen MR) is 103 cm³/mol. The lowest BCUT2D eigenvalue weighted by Gasteiger charge is -2.30. The highest BCUT2D eigenvalue weighted by Gasteiger charge is 2.31. The van der Waals surface area contributed by atoms with Crippen LogP contribution >= 0.6 is 0 Å². The quantitative estimate of drug-likeness (QED) is 0.687. The number of aromatic nitrogens is 1. The number of carbonyl (C=O) groups is 1. The molecule has 0 saturated heterocycles. The molecule has 1 amide bonds. The van der Waals surface area contributed by atoms with Gasteiger partial charge in [-0.1, -0.05) is 54.1 Å². The molecule has 1 heterocycles. The monoisotopic (exact) mass is 342 g/mol. The van der Waals surface area contributed by atoms with Crippen LogP contribution in [0, 0.1) is 6.92 Å². The second-order valence-corrected chi connectivity index (χ2v) is 6.91. The van der Waals surface area contributed by atoms with Crippen LogP contribution < -0.4 is 0 Å². The van der Waals surface area contributed by atoms with Crippen LogP contribution in [0.5, 0.6) is 0 Å². The fraction of sp³-hybridized carbons (Fsp3) is 0.217. The van der Waals surface area contributed by atoms with Crippen molar-refractivity contribution in [1.29, 1.82) is 0 Å². The Morgan fingerprint density at radius 2 is 1.77 bits per heavy atom. The number of fused-ring (bicyclic) bond motifs is 1. The molecule has 0 saturated carbocycles. The zero-order valence-corrected chi connectivity index (χ0v) is 14.9. The Hall–Kier alpha value is -2.94. The van der Waals surface area contributed by atoms with Gasteiger partial charge in [0.15, 0.2) is 0 Å². The normalized spacial score (nSPS) is 15.5. The number of benzene rings is 2. The van der Waals surface area contributed by atoms with E-state index in [1.165, 1.54) is 16.7 Å². The fourth-order valence-corrected chi connectivity index (χ4v) is 3.73. The van der Waals surface area contributed by atoms with Crippen LogP contribution in [0.3, 0.4) is 0 Å². The Kier molecular flexibility index (Phi) is 4.53. The highest BCUT2D eigenvalue weighted by atomic mass is 16.2. The molecule has 1 aliphatic rings. The highest BCUT2D eigenvalue weighted by molar-refractivity contribution is 5.94. The van der Waals surface area contributed by atoms with Gasteiger partial charge in [-0.15, -0.1) is 0 Å². The van der Waals surface area contributed by atoms with E-state index in [4.69, 9.17) is 0 Å². The molecular weight excluding hydrogens is 320 g/mol. The second-order valence-electron chi connectivity index (χ2n) is 6.91. The molecule has 130 valence electrons. The lowest BCUT2D eigenvalue weighted by atomic mass is 10.0. The number of carbonyl (C=O) groups excluding carboxylic acids is 1. The molecule has 4 rings (SSSR count). The maximum absolute atomic E-state index is 13.3. The number of aryl methyl sites for hydroxylation is 2. The summed E-state index contributed by atoms with van der Waals surface area (Å²) in [6.07, 6.45) is 5.36. The summed E-state index contributed by atoms with van der Waals surface area (Å²) in [6, 6.07) is 20.6. The molecule has 1 aromatic heterocycles. The van der Waals surface area contributed by atoms with Gasteiger partial charge in [-0.3, -0.25) is 9.78 Å². The molecule has 1 aliphatic carbocycles. The minimum Gasteiger partial charge on any atom is -0.327 e. The summed E-state index contributed by atoms with van der Waals surface area (Å²) < 4.78 is 0. The van der Waals surface area contributed by atoms with Gasteiger partial charge in [0.2, 0.25) is 0 Å². The van der Waals surface area contributed by atoms with Gasteiger partial charge in [-0.25, -0.2) is 0 Å². The first-order valence-electron chi connectivity index (χ1n) is 9.07. The van der Waals surface area contributed by atoms with Crippen molar-refractivity contribution >= 4 is 5.91 Å². The van der Waals surface area contributed by atoms with E-state index in [0.717, 1.165) is 18.4 Å². The van der Waals surface area contributed by atoms with Gasteiger partial charge in [-0.2, -0.15) is 0 Å². The number of pyridine rings is 1. The van der Waals surface area contributed by atoms with Gasteiger partial charge >= 0.3 is 0 Å². The number of nitrogens with zero attached hydrogens (tertiary/aromatic N) is 2. The van der Waals surface area contributed by atoms with Crippen LogP contribution in [-0.4, -0.2) is 15.8 Å². The van der Waals surface area contributed by atoms with Gasteiger partial charge in [-0.05, 0) is 48.6 Å². The Morgan fingerprint density at radius 3 is 2.54 bits per heavy atom. The van der Waals surface area contributed by atoms with Crippen LogP contribution in [0.25, 0.3) is 0 Å². The summed E-state index contributed by atoms with van der Waals surface area (Å²) in [5.41, 5.74) is 5.71. The average molecular weight is 342 g/mol. The maximum atomic E-state index is 13.3. The first kappa shape index (κ1) is 16.5. The van der Waals surface area contributed by atoms with E-state index in [-0.39, 0.29) is 11.9 Å². The van der Waals surface area contributed by atoms with E-state index < -0.39 is 0 Å². The summed E-state index contributed by atoms with van der Waals surface area (Å²) in [7, 11) is 0. The summed E-state index contributed by atoms with van der Waals surface area (Å²) in [5, 5.41) is 0. The first-order valence-corrected chi connectivity index (χ1v) is 9.07. The van der Waals surface area contributed by atoms with Gasteiger partial charge in [0.1, 0.15) is 0 Å². The van der Waals surface area contributed by atoms with E-state index in [1.807, 2.05) is 4.90 Å². The van der Waals surface area contributed by atoms with E-state index >= 15 is 0 Å². The third-order valence-corrected chi connectivity index (χ3v) is 5.14. The van der Waals surface area contributed by atoms with Crippen molar-refractivity contribution in [3.05, 3.63) is 101 Å². The van der Waals surface area contributed by atoms with E-state index in [9.17, 15) is 4.79 Å². The summed E-state index contributed by atoms with van der Waals surface area (Å²) in [6.45, 7) is 2.69. The lowest BCUT2D eigenvalue weighted by molar-refractivity contribution is 0.0658. The fourth-order valence-electron chi connectivity index (χ4n) is 3.73. The Labute approximate surface area is 154 Å². The predicted octanol–water partition coefficient (Wildman–Crippen LogP) is 4.72. The third-order valence-electron chi connectivity index (χ3n) is 5.14. The van der Waals surface area contributed by atoms with E-state index in [1.54, 1.807) is 24.5 Å². The SMILES string of the molecule is Cc1ccc(CN(C(=O)c2ccncc2)[C@@H]2CCc3ccccc32)cc1. The Bertz CT molecular complexity index is 903. The summed E-state index contributed by atoms with van der Waals surface area (Å²) in [4.78, 5) is 19.4. The molecule has 0 bridgehead atoms. The van der Waals surface area contributed by atoms with Crippen LogP contribution in [0.4, 0.5) is 0 Å². The van der Waals surface area contributed by atoms with E-state index in [2.05, 4.69) is 60.4 Å². The average Bonchev–Trinajstić information content (AvgIpc) is 3.12. The summed E-state index contributed by atoms with van der Waals surface area (Å²) in [5.74, 6) is 0.0645. The number of hydrogen-bond donors (Lipinski definition) is 0. The van der Waals surface area contributed by atoms with Gasteiger partial charge < -0.3 is 4.90 Å². The molecule has 3 heteroatoms. The van der Waals surface area contributed by atoms with Crippen LogP contribution in [0.2, 0.25) is 0 Å². The molecule has 0 unspecified atom stereocenters. The molecule has 26 heavy (non-hydrogen) atoms. The molecule has 0 fully saturated rings. The zero-order chi connectivity index (χ0) is 17.9. The number of rotatable bonds is 4. The molecule has 0 radical (unpaired) electrons. The number of amides is 1. The maximum Gasteiger partial charge on any atom is 0.254 e. The molecule has 0 aliphatic heterocycles. The molecule has 3 nitrogen and oxygen atoms in total. The highest BCUT2D eigenvalue weighted by Crippen LogP contribution is 2.37. The minimum absolute atomic E-state index is 0.0645. The molecule has 0 N–H and O–H groups in total. The van der Waals surface area contributed by atoms with Crippen LogP contribution in [0.1, 0.15) is 45.1 Å². The molecule has 2 aromatic carbocycles. The minimum atomic E-state index is 0.0645. The first-order chi connectivity index (χ1) is 12.7. The molecule has 1 atom stereocenters. The third kappa shape index (κ3) is 3.25. The summed E-state index contributed by atoms with van der Waals surface area (Å²) >= 11 is 0. The van der Waals surface area contributed by atoms with Crippen molar-refractivity contribution in [2.75, 3.05) is 0 Å². The standard InChI is InChI=1S/C23H22N2O/c1-17-6-8-18(9-7-17)16-25(23(26)20-12-14-24-15-13-20)22-11-10-19-4-2-3-5-21(19)22/h2-9,12-15,22H,10-11,16H2,1H3/t22-/m1/s1. The largest absolute Gasteiger partial charge is 0.327 e. The molecule has 0 spiro atoms.